The lowest BCUT2D eigenvalue weighted by Gasteiger charge is -2.54. The van der Waals surface area contributed by atoms with Crippen LogP contribution in [0, 0.1) is 11.3 Å². The predicted molar refractivity (Wildman–Crippen MR) is 127 cm³/mol. The molecule has 1 amide bonds. The Morgan fingerprint density at radius 1 is 1.21 bits per heavy atom. The van der Waals surface area contributed by atoms with Crippen molar-refractivity contribution in [1.82, 2.24) is 9.88 Å². The lowest BCUT2D eigenvalue weighted by atomic mass is 9.64. The second kappa shape index (κ2) is 8.77. The zero-order valence-corrected chi connectivity index (χ0v) is 20.5. The van der Waals surface area contributed by atoms with Gasteiger partial charge in [-0.1, -0.05) is 12.1 Å². The third-order valence-corrected chi connectivity index (χ3v) is 7.78. The molecular formula is C27H34N2O5. The van der Waals surface area contributed by atoms with Crippen molar-refractivity contribution in [1.29, 1.82) is 0 Å². The number of likely N-dealkylation sites (tertiary alicyclic amines) is 1. The van der Waals surface area contributed by atoms with Crippen LogP contribution in [0.25, 0.3) is 0 Å². The molecule has 0 saturated carbocycles. The second-order valence-corrected chi connectivity index (χ2v) is 10.2. The number of carbonyl (C=O) groups excluding carboxylic acids is 1. The van der Waals surface area contributed by atoms with Crippen molar-refractivity contribution in [2.45, 2.75) is 51.7 Å². The number of rotatable bonds is 4. The molecule has 2 atom stereocenters. The van der Waals surface area contributed by atoms with Crippen LogP contribution in [0.15, 0.2) is 36.5 Å². The number of para-hydroxylation sites is 1. The molecule has 3 aliphatic rings. The summed E-state index contributed by atoms with van der Waals surface area (Å²) < 4.78 is 24.2. The first-order chi connectivity index (χ1) is 16.4. The quantitative estimate of drug-likeness (QED) is 0.653. The van der Waals surface area contributed by atoms with E-state index in [9.17, 15) is 4.79 Å². The monoisotopic (exact) mass is 466 g/mol. The first-order valence-electron chi connectivity index (χ1n) is 12.2. The lowest BCUT2D eigenvalue weighted by molar-refractivity contribution is -0.173. The van der Waals surface area contributed by atoms with E-state index in [-0.39, 0.29) is 28.9 Å². The van der Waals surface area contributed by atoms with E-state index in [0.717, 1.165) is 36.3 Å². The summed E-state index contributed by atoms with van der Waals surface area (Å²) in [5.74, 6) is 2.18. The molecule has 0 unspecified atom stereocenters. The molecule has 34 heavy (non-hydrogen) atoms. The highest BCUT2D eigenvalue weighted by atomic mass is 16.5. The van der Waals surface area contributed by atoms with Crippen molar-refractivity contribution in [3.63, 3.8) is 0 Å². The molecule has 1 aromatic carbocycles. The molecule has 2 aromatic rings. The summed E-state index contributed by atoms with van der Waals surface area (Å²) in [6.07, 6.45) is 4.48. The van der Waals surface area contributed by atoms with Crippen LogP contribution in [-0.4, -0.2) is 54.8 Å². The Balaban J connectivity index is 1.32. The number of amides is 1. The summed E-state index contributed by atoms with van der Waals surface area (Å²) in [4.78, 5) is 19.4. The smallest absolute Gasteiger partial charge is 0.259 e. The fraction of sp³-hybridized carbons (Fsp3) is 0.556. The highest BCUT2D eigenvalue weighted by Crippen LogP contribution is 2.57. The topological polar surface area (TPSA) is 70.1 Å². The number of aromatic nitrogens is 1. The maximum Gasteiger partial charge on any atom is 0.259 e. The van der Waals surface area contributed by atoms with Crippen LogP contribution in [0.4, 0.5) is 0 Å². The van der Waals surface area contributed by atoms with Gasteiger partial charge in [0.25, 0.3) is 5.91 Å². The number of hydrogen-bond acceptors (Lipinski definition) is 6. The molecule has 4 heterocycles. The number of benzene rings is 1. The minimum atomic E-state index is -0.380. The third kappa shape index (κ3) is 3.90. The van der Waals surface area contributed by atoms with E-state index in [0.29, 0.717) is 37.7 Å². The molecule has 1 spiro atoms. The maximum atomic E-state index is 13.2. The average Bonchev–Trinajstić information content (AvgIpc) is 2.84. The van der Waals surface area contributed by atoms with Crippen molar-refractivity contribution in [3.05, 3.63) is 47.7 Å². The Morgan fingerprint density at radius 2 is 2.00 bits per heavy atom. The van der Waals surface area contributed by atoms with Crippen molar-refractivity contribution < 1.29 is 23.7 Å². The van der Waals surface area contributed by atoms with E-state index in [1.807, 2.05) is 24.0 Å². The molecule has 0 bridgehead atoms. The first-order valence-corrected chi connectivity index (χ1v) is 12.2. The van der Waals surface area contributed by atoms with E-state index in [1.54, 1.807) is 25.4 Å². The third-order valence-electron chi connectivity index (χ3n) is 7.78. The molecule has 5 rings (SSSR count). The Bertz CT molecular complexity index is 1060. The summed E-state index contributed by atoms with van der Waals surface area (Å²) >= 11 is 0. The van der Waals surface area contributed by atoms with Gasteiger partial charge in [-0.3, -0.25) is 4.79 Å². The normalized spacial score (nSPS) is 24.5. The van der Waals surface area contributed by atoms with Gasteiger partial charge in [-0.25, -0.2) is 4.98 Å². The largest absolute Gasteiger partial charge is 0.493 e. The molecule has 0 N–H and O–H groups in total. The van der Waals surface area contributed by atoms with E-state index in [4.69, 9.17) is 18.9 Å². The number of ether oxygens (including phenoxy) is 4. The number of carbonyl (C=O) groups is 1. The summed E-state index contributed by atoms with van der Waals surface area (Å²) in [6.45, 7) is 8.77. The van der Waals surface area contributed by atoms with Gasteiger partial charge in [-0.2, -0.15) is 0 Å². The second-order valence-electron chi connectivity index (χ2n) is 10.2. The van der Waals surface area contributed by atoms with E-state index in [1.165, 1.54) is 0 Å². The fourth-order valence-corrected chi connectivity index (χ4v) is 5.81. The minimum Gasteiger partial charge on any atom is -0.493 e. The van der Waals surface area contributed by atoms with Gasteiger partial charge in [0.15, 0.2) is 11.5 Å². The summed E-state index contributed by atoms with van der Waals surface area (Å²) in [5.41, 5.74) is 1.28. The van der Waals surface area contributed by atoms with E-state index in [2.05, 4.69) is 24.9 Å². The van der Waals surface area contributed by atoms with Crippen LogP contribution in [0.1, 0.15) is 62.1 Å². The highest BCUT2D eigenvalue weighted by molar-refractivity contribution is 5.96. The molecule has 1 aromatic heterocycles. The maximum absolute atomic E-state index is 13.2. The van der Waals surface area contributed by atoms with Gasteiger partial charge in [-0.15, -0.1) is 0 Å². The Labute approximate surface area is 201 Å². The zero-order chi connectivity index (χ0) is 23.9. The Hall–Kier alpha value is -2.80. The lowest BCUT2D eigenvalue weighted by Crippen LogP contribution is -2.54. The molecule has 7 heteroatoms. The number of pyridine rings is 1. The zero-order valence-electron chi connectivity index (χ0n) is 20.5. The molecule has 0 radical (unpaired) electrons. The fourth-order valence-electron chi connectivity index (χ4n) is 5.81. The van der Waals surface area contributed by atoms with Crippen molar-refractivity contribution in [3.8, 4) is 17.4 Å². The van der Waals surface area contributed by atoms with Crippen LogP contribution in [0.2, 0.25) is 0 Å². The van der Waals surface area contributed by atoms with Crippen molar-refractivity contribution in [2.75, 3.05) is 33.4 Å². The highest BCUT2D eigenvalue weighted by Gasteiger charge is 2.53. The standard InChI is InChI=1S/C27H34N2O5/c1-5-32-24-19(9-7-13-28-24)25(30)29-14-11-27(12-15-29)16-20-22(33-17-27)18-8-6-10-21(31-4)23(18)34-26(20,2)3/h6-10,13,20,22H,5,11-12,14-17H2,1-4H3/t20-,22+/m0/s1. The van der Waals surface area contributed by atoms with Crippen LogP contribution in [0.5, 0.6) is 17.4 Å². The van der Waals surface area contributed by atoms with Gasteiger partial charge in [0.1, 0.15) is 11.2 Å². The minimum absolute atomic E-state index is 0.0108. The van der Waals surface area contributed by atoms with Crippen LogP contribution >= 0.6 is 0 Å². The van der Waals surface area contributed by atoms with Gasteiger partial charge in [0.05, 0.1) is 26.4 Å². The van der Waals surface area contributed by atoms with Crippen LogP contribution in [0.3, 0.4) is 0 Å². The number of piperidine rings is 1. The van der Waals surface area contributed by atoms with Gasteiger partial charge in [-0.05, 0) is 63.6 Å². The summed E-state index contributed by atoms with van der Waals surface area (Å²) in [5, 5.41) is 0. The first kappa shape index (κ1) is 23.0. The molecular weight excluding hydrogens is 432 g/mol. The van der Waals surface area contributed by atoms with Crippen molar-refractivity contribution in [2.24, 2.45) is 11.3 Å². The van der Waals surface area contributed by atoms with Gasteiger partial charge < -0.3 is 23.8 Å². The number of hydrogen-bond donors (Lipinski definition) is 0. The number of nitrogens with zero attached hydrogens (tertiary/aromatic N) is 2. The Kier molecular flexibility index (Phi) is 5.92. The van der Waals surface area contributed by atoms with Crippen LogP contribution < -0.4 is 14.2 Å². The van der Waals surface area contributed by atoms with E-state index < -0.39 is 0 Å². The summed E-state index contributed by atoms with van der Waals surface area (Å²) in [7, 11) is 1.67. The summed E-state index contributed by atoms with van der Waals surface area (Å²) in [6, 6.07) is 9.61. The number of fused-ring (bicyclic) bond motifs is 3. The number of methoxy groups -OCH3 is 1. The molecule has 182 valence electrons. The molecule has 2 fully saturated rings. The van der Waals surface area contributed by atoms with Crippen LogP contribution in [-0.2, 0) is 4.74 Å². The molecule has 0 aliphatic carbocycles. The average molecular weight is 467 g/mol. The van der Waals surface area contributed by atoms with Gasteiger partial charge in [0.2, 0.25) is 5.88 Å². The van der Waals surface area contributed by atoms with Gasteiger partial charge in [0, 0.05) is 30.8 Å². The SMILES string of the molecule is CCOc1ncccc1C(=O)N1CCC2(CC1)CO[C@@H]1c3cccc(OC)c3OC(C)(C)[C@H]1C2. The van der Waals surface area contributed by atoms with Gasteiger partial charge >= 0.3 is 0 Å². The molecule has 2 saturated heterocycles. The molecule has 3 aliphatic heterocycles. The van der Waals surface area contributed by atoms with E-state index >= 15 is 0 Å². The molecule has 7 nitrogen and oxygen atoms in total. The Morgan fingerprint density at radius 3 is 2.74 bits per heavy atom. The predicted octanol–water partition coefficient (Wildman–Crippen LogP) is 4.66. The van der Waals surface area contributed by atoms with Crippen molar-refractivity contribution >= 4 is 5.91 Å².